The third kappa shape index (κ3) is 4.19. The highest BCUT2D eigenvalue weighted by Gasteiger charge is 2.46. The third-order valence-electron chi connectivity index (χ3n) is 5.28. The van der Waals surface area contributed by atoms with E-state index in [1.165, 1.54) is 12.1 Å². The highest BCUT2D eigenvalue weighted by atomic mass is 16.5. The van der Waals surface area contributed by atoms with Gasteiger partial charge >= 0.3 is 11.9 Å². The second kappa shape index (κ2) is 9.46. The number of esters is 1. The lowest BCUT2D eigenvalue weighted by Gasteiger charge is -2.15. The molecule has 0 N–H and O–H groups in total. The highest BCUT2D eigenvalue weighted by Crippen LogP contribution is 2.28. The monoisotopic (exact) mass is 452 g/mol. The van der Waals surface area contributed by atoms with Crippen LogP contribution < -0.4 is 0 Å². The van der Waals surface area contributed by atoms with E-state index >= 15 is 0 Å². The maximum absolute atomic E-state index is 13.2. The molecule has 1 aliphatic heterocycles. The number of nitrogens with zero attached hydrogens (tertiary/aromatic N) is 2. The maximum atomic E-state index is 13.2. The molecule has 168 valence electrons. The first-order chi connectivity index (χ1) is 16.4. The van der Waals surface area contributed by atoms with Crippen LogP contribution in [0.1, 0.15) is 27.0 Å². The first-order valence-electron chi connectivity index (χ1n) is 10.4. The van der Waals surface area contributed by atoms with Crippen molar-refractivity contribution in [3.63, 3.8) is 0 Å². The van der Waals surface area contributed by atoms with Crippen molar-refractivity contribution in [1.29, 1.82) is 0 Å². The van der Waals surface area contributed by atoms with Crippen molar-refractivity contribution < 1.29 is 23.9 Å². The van der Waals surface area contributed by atoms with Crippen molar-refractivity contribution in [1.82, 2.24) is 5.01 Å². The third-order valence-corrected chi connectivity index (χ3v) is 5.28. The van der Waals surface area contributed by atoms with Crippen molar-refractivity contribution in [2.45, 2.75) is 6.92 Å². The van der Waals surface area contributed by atoms with Crippen molar-refractivity contribution >= 4 is 29.2 Å². The van der Waals surface area contributed by atoms with Gasteiger partial charge in [-0.05, 0) is 6.92 Å². The number of rotatable bonds is 6. The summed E-state index contributed by atoms with van der Waals surface area (Å²) in [7, 11) is 1.10. The summed E-state index contributed by atoms with van der Waals surface area (Å²) in [5, 5.41) is 5.08. The van der Waals surface area contributed by atoms with Crippen LogP contribution in [0, 0.1) is 6.92 Å². The van der Waals surface area contributed by atoms with Crippen LogP contribution in [0.15, 0.2) is 101 Å². The van der Waals surface area contributed by atoms with Gasteiger partial charge in [-0.3, -0.25) is 14.4 Å². The number of methoxy groups -OCH3 is 1. The largest absolute Gasteiger partial charge is 0.464 e. The fraction of sp³-hybridized carbons (Fsp3) is 0.0741. The summed E-state index contributed by atoms with van der Waals surface area (Å²) in [6.45, 7) is 1.85. The van der Waals surface area contributed by atoms with Crippen molar-refractivity contribution in [2.24, 2.45) is 5.10 Å². The van der Waals surface area contributed by atoms with Gasteiger partial charge in [0.15, 0.2) is 11.5 Å². The zero-order chi connectivity index (χ0) is 24.2. The Balaban J connectivity index is 1.91. The van der Waals surface area contributed by atoms with Crippen molar-refractivity contribution in [3.05, 3.63) is 118 Å². The molecule has 0 aromatic heterocycles. The quantitative estimate of drug-likeness (QED) is 0.188. The fourth-order valence-electron chi connectivity index (χ4n) is 3.53. The molecule has 1 aliphatic rings. The predicted molar refractivity (Wildman–Crippen MR) is 125 cm³/mol. The van der Waals surface area contributed by atoms with Gasteiger partial charge in [-0.1, -0.05) is 90.5 Å². The number of ether oxygens (including phenoxy) is 1. The number of carbonyl (C=O) groups is 4. The van der Waals surface area contributed by atoms with Crippen LogP contribution in [0.3, 0.4) is 0 Å². The number of hydrogen-bond acceptors (Lipinski definition) is 6. The lowest BCUT2D eigenvalue weighted by molar-refractivity contribution is -0.143. The molecule has 0 atom stereocenters. The standard InChI is InChI=1S/C27H20N2O5/c1-17-13-15-20(16-14-17)24(30)21-23(27(33)34-2)29(26(32)25(21)31)28-22(18-9-5-3-6-10-18)19-11-7-4-8-12-19/h3-16H,1-2H3. The minimum Gasteiger partial charge on any atom is -0.464 e. The Labute approximate surface area is 196 Å². The van der Waals surface area contributed by atoms with Crippen LogP contribution in [-0.2, 0) is 19.1 Å². The van der Waals surface area contributed by atoms with E-state index < -0.39 is 34.7 Å². The molecule has 0 radical (unpaired) electrons. The Morgan fingerprint density at radius 2 is 1.29 bits per heavy atom. The predicted octanol–water partition coefficient (Wildman–Crippen LogP) is 3.47. The Bertz CT molecular complexity index is 1300. The number of carbonyl (C=O) groups excluding carboxylic acids is 4. The van der Waals surface area contributed by atoms with Crippen molar-refractivity contribution in [3.8, 4) is 0 Å². The molecule has 0 unspecified atom stereocenters. The van der Waals surface area contributed by atoms with E-state index in [9.17, 15) is 19.2 Å². The van der Waals surface area contributed by atoms with Gasteiger partial charge < -0.3 is 4.74 Å². The Morgan fingerprint density at radius 1 is 0.765 bits per heavy atom. The van der Waals surface area contributed by atoms with E-state index in [4.69, 9.17) is 4.74 Å². The fourth-order valence-corrected chi connectivity index (χ4v) is 3.53. The molecule has 1 heterocycles. The molecule has 3 aromatic rings. The molecular weight excluding hydrogens is 432 g/mol. The van der Waals surface area contributed by atoms with E-state index in [-0.39, 0.29) is 5.56 Å². The summed E-state index contributed by atoms with van der Waals surface area (Å²) in [6, 6.07) is 24.5. The van der Waals surface area contributed by atoms with Gasteiger partial charge in [0.25, 0.3) is 5.78 Å². The van der Waals surface area contributed by atoms with Crippen LogP contribution in [0.4, 0.5) is 0 Å². The van der Waals surface area contributed by atoms with E-state index in [1.807, 2.05) is 19.1 Å². The van der Waals surface area contributed by atoms with Crippen molar-refractivity contribution in [2.75, 3.05) is 7.11 Å². The molecule has 0 aliphatic carbocycles. The lowest BCUT2D eigenvalue weighted by atomic mass is 9.99. The van der Waals surface area contributed by atoms with E-state index in [0.29, 0.717) is 21.8 Å². The van der Waals surface area contributed by atoms with Crippen LogP contribution in [-0.4, -0.2) is 41.3 Å². The van der Waals surface area contributed by atoms with Crippen LogP contribution in [0.2, 0.25) is 0 Å². The van der Waals surface area contributed by atoms with Crippen LogP contribution >= 0.6 is 0 Å². The van der Waals surface area contributed by atoms with Crippen LogP contribution in [0.5, 0.6) is 0 Å². The Kier molecular flexibility index (Phi) is 6.27. The van der Waals surface area contributed by atoms with Gasteiger partial charge in [-0.25, -0.2) is 4.79 Å². The SMILES string of the molecule is COC(=O)C1=C(C(=O)c2ccc(C)cc2)C(=O)C(=O)N1N=C(c1ccccc1)c1ccccc1. The minimum atomic E-state index is -1.12. The number of amides is 1. The molecule has 34 heavy (non-hydrogen) atoms. The second-order valence-electron chi connectivity index (χ2n) is 7.54. The summed E-state index contributed by atoms with van der Waals surface area (Å²) in [5.41, 5.74) is 1.65. The number of hydrazone groups is 1. The zero-order valence-electron chi connectivity index (χ0n) is 18.5. The van der Waals surface area contributed by atoms with Gasteiger partial charge in [-0.15, -0.1) is 0 Å². The minimum absolute atomic E-state index is 0.167. The topological polar surface area (TPSA) is 93.1 Å². The van der Waals surface area contributed by atoms with E-state index in [2.05, 4.69) is 5.10 Å². The Morgan fingerprint density at radius 3 is 1.79 bits per heavy atom. The molecular formula is C27H20N2O5. The lowest BCUT2D eigenvalue weighted by Crippen LogP contribution is -2.29. The van der Waals surface area contributed by atoms with E-state index in [1.54, 1.807) is 60.7 Å². The molecule has 0 saturated carbocycles. The molecule has 0 spiro atoms. The second-order valence-corrected chi connectivity index (χ2v) is 7.54. The van der Waals surface area contributed by atoms with Crippen LogP contribution in [0.25, 0.3) is 0 Å². The molecule has 0 fully saturated rings. The summed E-state index contributed by atoms with van der Waals surface area (Å²) in [4.78, 5) is 51.9. The molecule has 1 amide bonds. The summed E-state index contributed by atoms with van der Waals surface area (Å²) in [6.07, 6.45) is 0. The van der Waals surface area contributed by atoms with Gasteiger partial charge in [-0.2, -0.15) is 10.1 Å². The molecule has 4 rings (SSSR count). The van der Waals surface area contributed by atoms with E-state index in [0.717, 1.165) is 12.7 Å². The average molecular weight is 452 g/mol. The normalized spacial score (nSPS) is 13.2. The Hall–Kier alpha value is -4.65. The smallest absolute Gasteiger partial charge is 0.357 e. The first kappa shape index (κ1) is 22.5. The van der Waals surface area contributed by atoms with Gasteiger partial charge in [0.2, 0.25) is 0 Å². The zero-order valence-corrected chi connectivity index (χ0v) is 18.5. The molecule has 7 nitrogen and oxygen atoms in total. The summed E-state index contributed by atoms with van der Waals surface area (Å²) < 4.78 is 4.83. The number of benzene rings is 3. The highest BCUT2D eigenvalue weighted by molar-refractivity contribution is 6.54. The maximum Gasteiger partial charge on any atom is 0.357 e. The van der Waals surface area contributed by atoms with Gasteiger partial charge in [0.05, 0.1) is 12.8 Å². The number of aryl methyl sites for hydroxylation is 1. The molecule has 0 bridgehead atoms. The number of ketones is 2. The molecule has 7 heteroatoms. The molecule has 0 saturated heterocycles. The summed E-state index contributed by atoms with van der Waals surface area (Å²) in [5.74, 6) is -3.99. The van der Waals surface area contributed by atoms with Gasteiger partial charge in [0, 0.05) is 16.7 Å². The average Bonchev–Trinajstić information content (AvgIpc) is 3.12. The number of Topliss-reactive ketones (excluding diaryl/α,β-unsaturated/α-hetero) is 2. The summed E-state index contributed by atoms with van der Waals surface area (Å²) >= 11 is 0. The van der Waals surface area contributed by atoms with Gasteiger partial charge in [0.1, 0.15) is 5.57 Å². The first-order valence-corrected chi connectivity index (χ1v) is 10.4. The number of hydrogen-bond donors (Lipinski definition) is 0. The molecule has 3 aromatic carbocycles.